The molecule has 170 valence electrons. The van der Waals surface area contributed by atoms with Crippen molar-refractivity contribution in [3.05, 3.63) is 45.7 Å². The molecular weight excluding hydrogens is 471 g/mol. The number of carbonyl (C=O) groups excluding carboxylic acids is 1. The van der Waals surface area contributed by atoms with Gasteiger partial charge in [-0.1, -0.05) is 47.3 Å². The first kappa shape index (κ1) is 22.9. The molecule has 4 rings (SSSR count). The van der Waals surface area contributed by atoms with Gasteiger partial charge in [-0.15, -0.1) is 0 Å². The molecule has 1 saturated heterocycles. The van der Waals surface area contributed by atoms with Gasteiger partial charge in [0.2, 0.25) is 0 Å². The molecule has 0 radical (unpaired) electrons. The number of halogens is 2. The van der Waals surface area contributed by atoms with Gasteiger partial charge in [0.05, 0.1) is 12.1 Å². The zero-order valence-corrected chi connectivity index (χ0v) is 19.6. The predicted molar refractivity (Wildman–Crippen MR) is 130 cm³/mol. The molecule has 2 aliphatic rings. The number of hydrogen-bond acceptors (Lipinski definition) is 9. The monoisotopic (exact) mass is 494 g/mol. The van der Waals surface area contributed by atoms with E-state index in [1.54, 1.807) is 0 Å². The molecule has 0 saturated carbocycles. The van der Waals surface area contributed by atoms with Crippen LogP contribution < -0.4 is 22.1 Å². The number of amides is 1. The Balaban J connectivity index is 1.24. The average Bonchev–Trinajstić information content (AvgIpc) is 3.14. The van der Waals surface area contributed by atoms with Crippen LogP contribution in [0.1, 0.15) is 28.9 Å². The van der Waals surface area contributed by atoms with Crippen molar-refractivity contribution in [1.29, 1.82) is 0 Å². The maximum Gasteiger partial charge on any atom is 0.280 e. The lowest BCUT2D eigenvalue weighted by atomic mass is 9.89. The van der Waals surface area contributed by atoms with E-state index in [4.69, 9.17) is 34.7 Å². The van der Waals surface area contributed by atoms with E-state index in [9.17, 15) is 4.79 Å². The summed E-state index contributed by atoms with van der Waals surface area (Å²) in [5.74, 6) is 0.778. The number of aromatic nitrogens is 2. The van der Waals surface area contributed by atoms with E-state index < -0.39 is 5.91 Å². The van der Waals surface area contributed by atoms with Crippen LogP contribution in [0.25, 0.3) is 0 Å². The lowest BCUT2D eigenvalue weighted by molar-refractivity contribution is 0.0971. The van der Waals surface area contributed by atoms with Crippen molar-refractivity contribution >= 4 is 58.7 Å². The number of nitrogen functional groups attached to an aromatic ring is 2. The summed E-state index contributed by atoms with van der Waals surface area (Å²) in [6, 6.07) is 7.99. The Kier molecular flexibility index (Phi) is 6.94. The maximum atomic E-state index is 12.5. The first-order valence-corrected chi connectivity index (χ1v) is 11.9. The number of benzene rings is 1. The van der Waals surface area contributed by atoms with E-state index in [0.29, 0.717) is 12.5 Å². The minimum Gasteiger partial charge on any atom is -0.382 e. The van der Waals surface area contributed by atoms with Gasteiger partial charge in [-0.25, -0.2) is 9.97 Å². The molecule has 1 fully saturated rings. The predicted octanol–water partition coefficient (Wildman–Crippen LogP) is 2.36. The number of carbonyl (C=O) groups is 1. The third-order valence-electron chi connectivity index (χ3n) is 5.51. The van der Waals surface area contributed by atoms with Crippen LogP contribution >= 0.6 is 35.1 Å². The third-order valence-corrected chi connectivity index (χ3v) is 7.14. The van der Waals surface area contributed by atoms with Crippen molar-refractivity contribution in [3.8, 4) is 0 Å². The zero-order chi connectivity index (χ0) is 22.7. The molecule has 0 bridgehead atoms. The fraction of sp³-hybridized carbons (Fsp3) is 0.400. The molecule has 0 aliphatic carbocycles. The minimum atomic E-state index is -0.533. The van der Waals surface area contributed by atoms with Gasteiger partial charge in [-0.3, -0.25) is 19.4 Å². The number of aliphatic imine (C=N–C) groups is 1. The van der Waals surface area contributed by atoms with Crippen LogP contribution in [0.15, 0.2) is 29.3 Å². The molecule has 1 aromatic heterocycles. The Morgan fingerprint density at radius 2 is 2.00 bits per heavy atom. The summed E-state index contributed by atoms with van der Waals surface area (Å²) in [6.45, 7) is 2.49. The van der Waals surface area contributed by atoms with Crippen molar-refractivity contribution in [3.63, 3.8) is 0 Å². The molecule has 2 aliphatic heterocycles. The number of nitrogens with two attached hydrogens (primary N) is 2. The molecule has 0 atom stereocenters. The normalized spacial score (nSPS) is 17.8. The number of rotatable bonds is 5. The first-order chi connectivity index (χ1) is 15.3. The van der Waals surface area contributed by atoms with Crippen LogP contribution in [0.5, 0.6) is 0 Å². The molecular formula is C20H24Cl2N8OS. The Bertz CT molecular complexity index is 1040. The second-order valence-corrected chi connectivity index (χ2v) is 9.78. The standard InChI is InChI=1S/C20H24Cl2N8OS/c21-13-3-1-2-12(10-13)4-9-32-30-7-5-20(6-8-30)11-25-19(29-20)28-18(31)14-16(23)27-17(24)15(22)26-14/h1-3,10H,4-9,11H2,(H4,23,24,27)(H2,25,28,29,31). The van der Waals surface area contributed by atoms with Gasteiger partial charge in [0.15, 0.2) is 28.4 Å². The molecule has 3 heterocycles. The maximum absolute atomic E-state index is 12.5. The van der Waals surface area contributed by atoms with E-state index >= 15 is 0 Å². The Morgan fingerprint density at radius 3 is 2.75 bits per heavy atom. The summed E-state index contributed by atoms with van der Waals surface area (Å²) < 4.78 is 2.39. The molecule has 12 heteroatoms. The summed E-state index contributed by atoms with van der Waals surface area (Å²) in [5.41, 5.74) is 12.3. The van der Waals surface area contributed by atoms with E-state index in [1.165, 1.54) is 5.56 Å². The second kappa shape index (κ2) is 9.70. The van der Waals surface area contributed by atoms with Crippen molar-refractivity contribution < 1.29 is 4.79 Å². The van der Waals surface area contributed by atoms with Gasteiger partial charge >= 0.3 is 0 Å². The smallest absolute Gasteiger partial charge is 0.280 e. The van der Waals surface area contributed by atoms with Crippen LogP contribution in [0.4, 0.5) is 11.6 Å². The summed E-state index contributed by atoms with van der Waals surface area (Å²) in [6.07, 6.45) is 2.83. The molecule has 1 amide bonds. The highest BCUT2D eigenvalue weighted by molar-refractivity contribution is 7.97. The van der Waals surface area contributed by atoms with Gasteiger partial charge < -0.3 is 16.8 Å². The largest absolute Gasteiger partial charge is 0.382 e. The van der Waals surface area contributed by atoms with E-state index in [0.717, 1.165) is 43.1 Å². The molecule has 1 aromatic carbocycles. The lowest BCUT2D eigenvalue weighted by Crippen LogP contribution is -2.55. The number of piperidine rings is 1. The summed E-state index contributed by atoms with van der Waals surface area (Å²) >= 11 is 13.8. The van der Waals surface area contributed by atoms with Gasteiger partial charge in [0.25, 0.3) is 5.91 Å². The molecule has 2 aromatic rings. The molecule has 6 N–H and O–H groups in total. The Hall–Kier alpha value is -2.27. The number of nitrogens with zero attached hydrogens (tertiary/aromatic N) is 4. The molecule has 0 unspecified atom stereocenters. The average molecular weight is 495 g/mol. The Morgan fingerprint density at radius 1 is 1.22 bits per heavy atom. The number of anilines is 2. The van der Waals surface area contributed by atoms with Crippen LogP contribution in [0.2, 0.25) is 10.2 Å². The van der Waals surface area contributed by atoms with E-state index in [2.05, 4.69) is 36.0 Å². The first-order valence-electron chi connectivity index (χ1n) is 10.2. The third kappa shape index (κ3) is 5.37. The fourth-order valence-corrected chi connectivity index (χ4v) is 5.08. The highest BCUT2D eigenvalue weighted by Crippen LogP contribution is 2.29. The quantitative estimate of drug-likeness (QED) is 0.465. The van der Waals surface area contributed by atoms with Crippen molar-refractivity contribution in [2.45, 2.75) is 24.8 Å². The lowest BCUT2D eigenvalue weighted by Gasteiger charge is -2.38. The number of hydrogen-bond donors (Lipinski definition) is 4. The number of guanidine groups is 1. The molecule has 1 spiro atoms. The minimum absolute atomic E-state index is 0.0202. The van der Waals surface area contributed by atoms with Gasteiger partial charge in [0, 0.05) is 23.9 Å². The van der Waals surface area contributed by atoms with Gasteiger partial charge in [-0.2, -0.15) is 0 Å². The zero-order valence-electron chi connectivity index (χ0n) is 17.3. The van der Waals surface area contributed by atoms with Crippen molar-refractivity contribution in [2.75, 3.05) is 36.9 Å². The fourth-order valence-electron chi connectivity index (χ4n) is 3.72. The number of aryl methyl sites for hydroxylation is 1. The van der Waals surface area contributed by atoms with Crippen molar-refractivity contribution in [1.82, 2.24) is 24.9 Å². The molecule has 32 heavy (non-hydrogen) atoms. The summed E-state index contributed by atoms with van der Waals surface area (Å²) in [5, 5.41) is 6.80. The van der Waals surface area contributed by atoms with E-state index in [-0.39, 0.29) is 28.0 Å². The Labute approximate surface area is 200 Å². The van der Waals surface area contributed by atoms with E-state index in [1.807, 2.05) is 30.1 Å². The molecule has 9 nitrogen and oxygen atoms in total. The second-order valence-electron chi connectivity index (χ2n) is 7.80. The highest BCUT2D eigenvalue weighted by Gasteiger charge is 2.39. The van der Waals surface area contributed by atoms with Crippen LogP contribution in [0.3, 0.4) is 0 Å². The summed E-state index contributed by atoms with van der Waals surface area (Å²) in [4.78, 5) is 24.8. The van der Waals surface area contributed by atoms with Crippen LogP contribution in [-0.4, -0.2) is 57.1 Å². The highest BCUT2D eigenvalue weighted by atomic mass is 35.5. The van der Waals surface area contributed by atoms with Gasteiger partial charge in [-0.05, 0) is 37.0 Å². The van der Waals surface area contributed by atoms with Crippen LogP contribution in [0, 0.1) is 0 Å². The van der Waals surface area contributed by atoms with Crippen molar-refractivity contribution in [2.24, 2.45) is 4.99 Å². The SMILES string of the molecule is Nc1nc(N)c(C(=O)NC2=NCC3(CCN(SCCc4cccc(Cl)c4)CC3)N2)nc1Cl. The topological polar surface area (TPSA) is 135 Å². The number of nitrogens with one attached hydrogen (secondary N) is 2. The van der Waals surface area contributed by atoms with Crippen LogP contribution in [-0.2, 0) is 6.42 Å². The van der Waals surface area contributed by atoms with Gasteiger partial charge in [0.1, 0.15) is 0 Å². The summed E-state index contributed by atoms with van der Waals surface area (Å²) in [7, 11) is 0.